The van der Waals surface area contributed by atoms with Crippen molar-refractivity contribution in [2.24, 2.45) is 5.73 Å². The Morgan fingerprint density at radius 1 is 1.24 bits per heavy atom. The number of hydrogen-bond acceptors (Lipinski definition) is 4. The normalized spacial score (nSPS) is 15.0. The van der Waals surface area contributed by atoms with Crippen LogP contribution in [-0.4, -0.2) is 24.5 Å². The smallest absolute Gasteiger partial charge is 0.257 e. The first kappa shape index (κ1) is 19.9. The number of imidazole rings is 1. The number of nitrogens with two attached hydrogens (primary N) is 1. The van der Waals surface area contributed by atoms with Gasteiger partial charge in [-0.1, -0.05) is 38.1 Å². The lowest BCUT2D eigenvalue weighted by Crippen LogP contribution is -2.33. The molecule has 1 aliphatic heterocycles. The summed E-state index contributed by atoms with van der Waals surface area (Å²) in [7, 11) is -3.60. The van der Waals surface area contributed by atoms with Gasteiger partial charge >= 0.3 is 0 Å². The Bertz CT molecular complexity index is 816. The van der Waals surface area contributed by atoms with Gasteiger partial charge in [-0.15, -0.1) is 12.4 Å². The van der Waals surface area contributed by atoms with Crippen LogP contribution in [0.3, 0.4) is 0 Å². The van der Waals surface area contributed by atoms with Crippen molar-refractivity contribution >= 4 is 22.4 Å². The number of fused-ring (bicyclic) bond motifs is 1. The minimum absolute atomic E-state index is 0. The molecular weight excluding hydrogens is 360 g/mol. The number of nitrogens with zero attached hydrogens (tertiary/aromatic N) is 2. The summed E-state index contributed by atoms with van der Waals surface area (Å²) in [6.45, 7) is 5.12. The average molecular weight is 385 g/mol. The third-order valence-corrected chi connectivity index (χ3v) is 5.91. The fraction of sp³-hybridized carbons (Fsp3) is 0.471. The predicted molar refractivity (Wildman–Crippen MR) is 100 cm³/mol. The van der Waals surface area contributed by atoms with Crippen molar-refractivity contribution in [3.63, 3.8) is 0 Å². The van der Waals surface area contributed by atoms with E-state index < -0.39 is 10.0 Å². The average Bonchev–Trinajstić information content (AvgIpc) is 3.15. The minimum Gasteiger partial charge on any atom is -0.323 e. The van der Waals surface area contributed by atoms with E-state index in [9.17, 15) is 8.42 Å². The lowest BCUT2D eigenvalue weighted by molar-refractivity contribution is 0.556. The van der Waals surface area contributed by atoms with Crippen LogP contribution in [0.25, 0.3) is 0 Å². The van der Waals surface area contributed by atoms with Gasteiger partial charge in [-0.05, 0) is 23.5 Å². The van der Waals surface area contributed by atoms with E-state index in [1.54, 1.807) is 4.57 Å². The van der Waals surface area contributed by atoms with Crippen molar-refractivity contribution in [1.82, 2.24) is 14.3 Å². The fourth-order valence-corrected chi connectivity index (χ4v) is 4.19. The van der Waals surface area contributed by atoms with Gasteiger partial charge in [0.15, 0.2) is 5.03 Å². The van der Waals surface area contributed by atoms with Crippen LogP contribution >= 0.6 is 12.4 Å². The molecule has 1 aliphatic rings. The number of sulfonamides is 1. The molecule has 0 bridgehead atoms. The molecule has 0 amide bonds. The Balaban J connectivity index is 0.00000225. The third kappa shape index (κ3) is 4.23. The SMILES string of the molecule is CC(C)c1ccc(C(N)CNS(=O)(=O)c2cnc3n2CCC3)cc1.Cl. The van der Waals surface area contributed by atoms with Crippen molar-refractivity contribution in [1.29, 1.82) is 0 Å². The van der Waals surface area contributed by atoms with Gasteiger partial charge in [0.05, 0.1) is 6.20 Å². The topological polar surface area (TPSA) is 90.0 Å². The summed E-state index contributed by atoms with van der Waals surface area (Å²) in [4.78, 5) is 4.19. The highest BCUT2D eigenvalue weighted by Gasteiger charge is 2.25. The van der Waals surface area contributed by atoms with Gasteiger partial charge in [0.1, 0.15) is 5.82 Å². The maximum atomic E-state index is 12.5. The van der Waals surface area contributed by atoms with E-state index in [1.165, 1.54) is 11.8 Å². The second-order valence-electron chi connectivity index (χ2n) is 6.55. The molecule has 1 aromatic heterocycles. The zero-order chi connectivity index (χ0) is 17.3. The molecule has 25 heavy (non-hydrogen) atoms. The van der Waals surface area contributed by atoms with Crippen LogP contribution in [0.4, 0.5) is 0 Å². The van der Waals surface area contributed by atoms with Crippen LogP contribution in [0.15, 0.2) is 35.5 Å². The Labute approximate surface area is 155 Å². The molecule has 1 atom stereocenters. The van der Waals surface area contributed by atoms with Crippen LogP contribution < -0.4 is 10.5 Å². The van der Waals surface area contributed by atoms with Gasteiger partial charge in [-0.2, -0.15) is 0 Å². The Kier molecular flexibility index (Phi) is 6.26. The van der Waals surface area contributed by atoms with E-state index in [0.717, 1.165) is 24.2 Å². The molecule has 8 heteroatoms. The molecule has 0 aliphatic carbocycles. The summed E-state index contributed by atoms with van der Waals surface area (Å²) < 4.78 is 29.4. The first-order valence-corrected chi connectivity index (χ1v) is 9.76. The molecular formula is C17H25ClN4O2S. The Morgan fingerprint density at radius 3 is 2.52 bits per heavy atom. The van der Waals surface area contributed by atoms with Crippen molar-refractivity contribution in [2.45, 2.75) is 50.2 Å². The minimum atomic E-state index is -3.60. The monoisotopic (exact) mass is 384 g/mol. The number of aryl methyl sites for hydroxylation is 1. The quantitative estimate of drug-likeness (QED) is 0.799. The highest BCUT2D eigenvalue weighted by atomic mass is 35.5. The van der Waals surface area contributed by atoms with Gasteiger partial charge in [0, 0.05) is 25.6 Å². The van der Waals surface area contributed by atoms with E-state index in [0.29, 0.717) is 12.5 Å². The summed E-state index contributed by atoms with van der Waals surface area (Å²) in [5.41, 5.74) is 8.30. The number of nitrogens with one attached hydrogen (secondary N) is 1. The molecule has 138 valence electrons. The molecule has 0 fully saturated rings. The molecule has 2 heterocycles. The lowest BCUT2D eigenvalue weighted by atomic mass is 9.99. The molecule has 0 saturated carbocycles. The Morgan fingerprint density at radius 2 is 1.88 bits per heavy atom. The summed E-state index contributed by atoms with van der Waals surface area (Å²) in [5.74, 6) is 1.29. The standard InChI is InChI=1S/C17H24N4O2S.ClH/c1-12(2)13-5-7-14(8-6-13)15(18)10-20-24(22,23)17-11-19-16-4-3-9-21(16)17;/h5-8,11-12,15,20H,3-4,9-10,18H2,1-2H3;1H. The number of halogens is 1. The molecule has 1 aromatic carbocycles. The third-order valence-electron chi connectivity index (χ3n) is 4.48. The van der Waals surface area contributed by atoms with Gasteiger partial charge in [0.2, 0.25) is 0 Å². The lowest BCUT2D eigenvalue weighted by Gasteiger charge is -2.15. The summed E-state index contributed by atoms with van der Waals surface area (Å²) in [6.07, 6.45) is 3.20. The Hall–Kier alpha value is -1.41. The maximum Gasteiger partial charge on any atom is 0.257 e. The van der Waals surface area contributed by atoms with Crippen LogP contribution in [-0.2, 0) is 23.0 Å². The van der Waals surface area contributed by atoms with E-state index in [1.807, 2.05) is 24.3 Å². The molecule has 1 unspecified atom stereocenters. The molecule has 0 radical (unpaired) electrons. The van der Waals surface area contributed by atoms with Gasteiger partial charge < -0.3 is 10.3 Å². The van der Waals surface area contributed by atoms with Crippen LogP contribution in [0.5, 0.6) is 0 Å². The molecule has 6 nitrogen and oxygen atoms in total. The van der Waals surface area contributed by atoms with Gasteiger partial charge in [0.25, 0.3) is 10.0 Å². The summed E-state index contributed by atoms with van der Waals surface area (Å²) in [6, 6.07) is 7.62. The summed E-state index contributed by atoms with van der Waals surface area (Å²) in [5, 5.41) is 0.234. The first-order valence-electron chi connectivity index (χ1n) is 8.28. The molecule has 3 N–H and O–H groups in total. The highest BCUT2D eigenvalue weighted by Crippen LogP contribution is 2.21. The molecule has 0 spiro atoms. The molecule has 3 rings (SSSR count). The highest BCUT2D eigenvalue weighted by molar-refractivity contribution is 7.89. The number of rotatable bonds is 6. The van der Waals surface area contributed by atoms with Crippen molar-refractivity contribution in [3.05, 3.63) is 47.4 Å². The maximum absolute atomic E-state index is 12.5. The number of hydrogen-bond donors (Lipinski definition) is 2. The second kappa shape index (κ2) is 7.86. The van der Waals surface area contributed by atoms with E-state index in [4.69, 9.17) is 5.73 Å². The van der Waals surface area contributed by atoms with E-state index in [2.05, 4.69) is 23.6 Å². The van der Waals surface area contributed by atoms with Crippen LogP contribution in [0.2, 0.25) is 0 Å². The largest absolute Gasteiger partial charge is 0.323 e. The van der Waals surface area contributed by atoms with E-state index >= 15 is 0 Å². The van der Waals surface area contributed by atoms with Gasteiger partial charge in [-0.3, -0.25) is 0 Å². The zero-order valence-electron chi connectivity index (χ0n) is 14.5. The number of aromatic nitrogens is 2. The molecule has 2 aromatic rings. The van der Waals surface area contributed by atoms with Crippen molar-refractivity contribution < 1.29 is 8.42 Å². The molecule has 0 saturated heterocycles. The first-order chi connectivity index (χ1) is 11.4. The predicted octanol–water partition coefficient (Wildman–Crippen LogP) is 2.35. The van der Waals surface area contributed by atoms with E-state index in [-0.39, 0.29) is 30.0 Å². The second-order valence-corrected chi connectivity index (χ2v) is 8.26. The van der Waals surface area contributed by atoms with Crippen molar-refractivity contribution in [2.75, 3.05) is 6.54 Å². The van der Waals surface area contributed by atoms with Crippen LogP contribution in [0.1, 0.15) is 49.2 Å². The zero-order valence-corrected chi connectivity index (χ0v) is 16.1. The van der Waals surface area contributed by atoms with Gasteiger partial charge in [-0.25, -0.2) is 18.1 Å². The van der Waals surface area contributed by atoms with Crippen molar-refractivity contribution in [3.8, 4) is 0 Å². The van der Waals surface area contributed by atoms with Crippen LogP contribution in [0, 0.1) is 0 Å². The number of benzene rings is 1. The summed E-state index contributed by atoms with van der Waals surface area (Å²) >= 11 is 0. The fourth-order valence-electron chi connectivity index (χ4n) is 2.96.